The van der Waals surface area contributed by atoms with Crippen LogP contribution in [0, 0.1) is 11.8 Å². The molecule has 3 heteroatoms. The molecule has 1 amide bonds. The zero-order chi connectivity index (χ0) is 14.0. The van der Waals surface area contributed by atoms with Crippen molar-refractivity contribution in [1.82, 2.24) is 5.32 Å². The lowest BCUT2D eigenvalue weighted by Gasteiger charge is -2.35. The molecule has 0 saturated heterocycles. The van der Waals surface area contributed by atoms with E-state index in [0.717, 1.165) is 24.8 Å². The van der Waals surface area contributed by atoms with Crippen LogP contribution < -0.4 is 5.32 Å². The third kappa shape index (κ3) is 3.19. The molecule has 3 atom stereocenters. The van der Waals surface area contributed by atoms with Crippen molar-refractivity contribution in [2.24, 2.45) is 11.8 Å². The predicted molar refractivity (Wildman–Crippen MR) is 76.8 cm³/mol. The number of methoxy groups -OCH3 is 1. The summed E-state index contributed by atoms with van der Waals surface area (Å²) in [4.78, 5) is 12.3. The smallest absolute Gasteiger partial charge is 0.247 e. The number of allylic oxidation sites excluding steroid dienone is 1. The molecular formula is C16H27NO2. The third-order valence-corrected chi connectivity index (χ3v) is 5.00. The van der Waals surface area contributed by atoms with E-state index < -0.39 is 0 Å². The minimum absolute atomic E-state index is 0.0535. The second kappa shape index (κ2) is 5.66. The van der Waals surface area contributed by atoms with Gasteiger partial charge in [-0.3, -0.25) is 4.79 Å². The second-order valence-corrected chi connectivity index (χ2v) is 6.47. The molecule has 0 aromatic rings. The highest BCUT2D eigenvalue weighted by Crippen LogP contribution is 2.43. The van der Waals surface area contributed by atoms with E-state index in [1.165, 1.54) is 12.8 Å². The van der Waals surface area contributed by atoms with Gasteiger partial charge in [0.2, 0.25) is 5.91 Å². The van der Waals surface area contributed by atoms with Crippen molar-refractivity contribution >= 4 is 5.91 Å². The summed E-state index contributed by atoms with van der Waals surface area (Å²) in [6.07, 6.45) is 7.60. The first-order chi connectivity index (χ1) is 8.97. The summed E-state index contributed by atoms with van der Waals surface area (Å²) in [6.45, 7) is 6.42. The molecule has 2 aliphatic carbocycles. The van der Waals surface area contributed by atoms with Crippen molar-refractivity contribution in [2.45, 2.75) is 64.5 Å². The molecule has 1 fully saturated rings. The van der Waals surface area contributed by atoms with Crippen LogP contribution in [0.4, 0.5) is 0 Å². The maximum Gasteiger partial charge on any atom is 0.247 e. The molecule has 2 rings (SSSR count). The highest BCUT2D eigenvalue weighted by Gasteiger charge is 2.46. The zero-order valence-corrected chi connectivity index (χ0v) is 12.7. The fraction of sp³-hybridized carbons (Fsp3) is 0.812. The minimum atomic E-state index is -0.224. The Balaban J connectivity index is 1.94. The molecule has 108 valence electrons. The van der Waals surface area contributed by atoms with E-state index in [4.69, 9.17) is 4.74 Å². The Morgan fingerprint density at radius 2 is 2.16 bits per heavy atom. The first-order valence-electron chi connectivity index (χ1n) is 7.52. The van der Waals surface area contributed by atoms with Crippen LogP contribution in [0.5, 0.6) is 0 Å². The lowest BCUT2D eigenvalue weighted by atomic mass is 9.89. The molecule has 19 heavy (non-hydrogen) atoms. The number of carbonyl (C=O) groups excluding carboxylic acids is 1. The van der Waals surface area contributed by atoms with Crippen molar-refractivity contribution in [3.63, 3.8) is 0 Å². The van der Waals surface area contributed by atoms with Crippen molar-refractivity contribution in [1.29, 1.82) is 0 Å². The third-order valence-electron chi connectivity index (χ3n) is 5.00. The first-order valence-corrected chi connectivity index (χ1v) is 7.52. The number of amides is 1. The average Bonchev–Trinajstić information content (AvgIpc) is 3.23. The average molecular weight is 265 g/mol. The van der Waals surface area contributed by atoms with Gasteiger partial charge in [0.1, 0.15) is 0 Å². The standard InChI is InChI=1S/C16H27NO2/c1-11-5-7-13(8-6-11)15(18)17-12(2)16(3,19-4)14-9-10-14/h7,11-12,14H,5-6,8-10H2,1-4H3,(H,17,18). The van der Waals surface area contributed by atoms with Gasteiger partial charge in [0.15, 0.2) is 0 Å². The Morgan fingerprint density at radius 3 is 2.63 bits per heavy atom. The molecule has 1 saturated carbocycles. The summed E-state index contributed by atoms with van der Waals surface area (Å²) < 4.78 is 5.69. The minimum Gasteiger partial charge on any atom is -0.376 e. The summed E-state index contributed by atoms with van der Waals surface area (Å²) >= 11 is 0. The van der Waals surface area contributed by atoms with Crippen LogP contribution in [0.1, 0.15) is 52.9 Å². The number of ether oxygens (including phenoxy) is 1. The molecule has 0 radical (unpaired) electrons. The second-order valence-electron chi connectivity index (χ2n) is 6.47. The maximum atomic E-state index is 12.3. The molecule has 1 N–H and O–H groups in total. The van der Waals surface area contributed by atoms with Gasteiger partial charge in [-0.2, -0.15) is 0 Å². The number of hydrogen-bond donors (Lipinski definition) is 1. The fourth-order valence-electron chi connectivity index (χ4n) is 2.96. The van der Waals surface area contributed by atoms with E-state index >= 15 is 0 Å². The molecule has 0 aromatic heterocycles. The first kappa shape index (κ1) is 14.6. The molecule has 0 aliphatic heterocycles. The van der Waals surface area contributed by atoms with E-state index in [0.29, 0.717) is 11.8 Å². The monoisotopic (exact) mass is 265 g/mol. The van der Waals surface area contributed by atoms with Crippen molar-refractivity contribution in [3.8, 4) is 0 Å². The van der Waals surface area contributed by atoms with Crippen LogP contribution >= 0.6 is 0 Å². The Kier molecular flexibility index (Phi) is 4.34. The lowest BCUT2D eigenvalue weighted by molar-refractivity contribution is -0.121. The van der Waals surface area contributed by atoms with Crippen LogP contribution in [-0.2, 0) is 9.53 Å². The molecule has 2 aliphatic rings. The molecule has 3 nitrogen and oxygen atoms in total. The number of rotatable bonds is 5. The Hall–Kier alpha value is -0.830. The summed E-state index contributed by atoms with van der Waals surface area (Å²) in [5.74, 6) is 1.40. The van der Waals surface area contributed by atoms with Crippen LogP contribution in [-0.4, -0.2) is 24.7 Å². The van der Waals surface area contributed by atoms with Gasteiger partial charge in [0.05, 0.1) is 11.6 Å². The summed E-state index contributed by atoms with van der Waals surface area (Å²) in [5, 5.41) is 3.15. The molecular weight excluding hydrogens is 238 g/mol. The molecule has 0 spiro atoms. The normalized spacial score (nSPS) is 28.2. The van der Waals surface area contributed by atoms with E-state index in [2.05, 4.69) is 32.2 Å². The predicted octanol–water partition coefficient (Wildman–Crippen LogP) is 3.05. The van der Waals surface area contributed by atoms with E-state index in [1.54, 1.807) is 7.11 Å². The van der Waals surface area contributed by atoms with E-state index in [9.17, 15) is 4.79 Å². The Labute approximate surface area is 116 Å². The van der Waals surface area contributed by atoms with E-state index in [1.807, 2.05) is 0 Å². The number of hydrogen-bond acceptors (Lipinski definition) is 2. The van der Waals surface area contributed by atoms with Crippen molar-refractivity contribution in [2.75, 3.05) is 7.11 Å². The van der Waals surface area contributed by atoms with Gasteiger partial charge in [0.25, 0.3) is 0 Å². The summed E-state index contributed by atoms with van der Waals surface area (Å²) in [6, 6.07) is 0.0535. The topological polar surface area (TPSA) is 38.3 Å². The van der Waals surface area contributed by atoms with Gasteiger partial charge in [-0.25, -0.2) is 0 Å². The van der Waals surface area contributed by atoms with E-state index in [-0.39, 0.29) is 17.6 Å². The Morgan fingerprint density at radius 1 is 1.47 bits per heavy atom. The van der Waals surface area contributed by atoms with Crippen LogP contribution in [0.15, 0.2) is 11.6 Å². The Bertz CT molecular complexity index is 373. The fourth-order valence-corrected chi connectivity index (χ4v) is 2.96. The van der Waals surface area contributed by atoms with Gasteiger partial charge in [-0.15, -0.1) is 0 Å². The molecule has 3 unspecified atom stereocenters. The number of nitrogens with one attached hydrogen (secondary N) is 1. The highest BCUT2D eigenvalue weighted by atomic mass is 16.5. The van der Waals surface area contributed by atoms with Gasteiger partial charge >= 0.3 is 0 Å². The SMILES string of the molecule is COC(C)(C1CC1)C(C)NC(=O)C1=CCC(C)CC1. The molecule has 0 bridgehead atoms. The van der Waals surface area contributed by atoms with Gasteiger partial charge in [-0.05, 0) is 57.8 Å². The molecule has 0 heterocycles. The highest BCUT2D eigenvalue weighted by molar-refractivity contribution is 5.93. The number of carbonyl (C=O) groups is 1. The maximum absolute atomic E-state index is 12.3. The summed E-state index contributed by atoms with van der Waals surface area (Å²) in [5.41, 5.74) is 0.734. The largest absolute Gasteiger partial charge is 0.376 e. The lowest BCUT2D eigenvalue weighted by Crippen LogP contribution is -2.52. The van der Waals surface area contributed by atoms with Crippen LogP contribution in [0.2, 0.25) is 0 Å². The molecule has 0 aromatic carbocycles. The van der Waals surface area contributed by atoms with Gasteiger partial charge < -0.3 is 10.1 Å². The van der Waals surface area contributed by atoms with Gasteiger partial charge in [0, 0.05) is 12.7 Å². The van der Waals surface area contributed by atoms with Crippen molar-refractivity contribution < 1.29 is 9.53 Å². The van der Waals surface area contributed by atoms with Gasteiger partial charge in [-0.1, -0.05) is 13.0 Å². The van der Waals surface area contributed by atoms with Crippen LogP contribution in [0.3, 0.4) is 0 Å². The van der Waals surface area contributed by atoms with Crippen LogP contribution in [0.25, 0.3) is 0 Å². The van der Waals surface area contributed by atoms with Crippen molar-refractivity contribution in [3.05, 3.63) is 11.6 Å². The quantitative estimate of drug-likeness (QED) is 0.829. The zero-order valence-electron chi connectivity index (χ0n) is 12.7. The summed E-state index contributed by atoms with van der Waals surface area (Å²) in [7, 11) is 1.75.